The standard InChI is InChI=1S/C25H30FN9O/c1-5-17-14-34(21-11-23(36)31(4)22-15-32(10-8-27)30-24(21)22)18(6-2)13-33(17)16(3)20-7-9-35-25(29-20)19(26)12-28-35/h7,9,11-12,15-18H,5-6,10,13-14H2,1-4H3/t16-,17+,18-/m0/s1. The van der Waals surface area contributed by atoms with Crippen molar-refractivity contribution in [2.24, 2.45) is 7.05 Å². The average molecular weight is 492 g/mol. The molecule has 5 rings (SSSR count). The third-order valence-corrected chi connectivity index (χ3v) is 7.43. The first kappa shape index (κ1) is 23.9. The van der Waals surface area contributed by atoms with Crippen molar-refractivity contribution in [3.63, 3.8) is 0 Å². The van der Waals surface area contributed by atoms with Crippen LogP contribution in [0.2, 0.25) is 0 Å². The predicted molar refractivity (Wildman–Crippen MR) is 134 cm³/mol. The summed E-state index contributed by atoms with van der Waals surface area (Å²) >= 11 is 0. The number of pyridine rings is 1. The van der Waals surface area contributed by atoms with Gasteiger partial charge in [-0.3, -0.25) is 14.4 Å². The van der Waals surface area contributed by atoms with E-state index in [-0.39, 0.29) is 35.9 Å². The second kappa shape index (κ2) is 9.35. The topological polar surface area (TPSA) is 100 Å². The first-order chi connectivity index (χ1) is 17.4. The van der Waals surface area contributed by atoms with Gasteiger partial charge < -0.3 is 9.47 Å². The van der Waals surface area contributed by atoms with Crippen LogP contribution in [-0.4, -0.2) is 59.0 Å². The Balaban J connectivity index is 1.51. The predicted octanol–water partition coefficient (Wildman–Crippen LogP) is 2.88. The molecule has 1 fully saturated rings. The minimum atomic E-state index is -0.433. The maximum absolute atomic E-state index is 14.2. The van der Waals surface area contributed by atoms with Gasteiger partial charge in [0.2, 0.25) is 0 Å². The number of rotatable bonds is 6. The molecule has 10 nitrogen and oxygen atoms in total. The van der Waals surface area contributed by atoms with Gasteiger partial charge in [-0.15, -0.1) is 0 Å². The van der Waals surface area contributed by atoms with Crippen LogP contribution < -0.4 is 10.5 Å². The molecule has 0 bridgehead atoms. The van der Waals surface area contributed by atoms with E-state index in [2.05, 4.69) is 51.8 Å². The molecule has 0 spiro atoms. The maximum atomic E-state index is 14.2. The molecule has 0 aliphatic carbocycles. The van der Waals surface area contributed by atoms with E-state index in [1.165, 1.54) is 10.7 Å². The number of aromatic nitrogens is 6. The molecule has 0 amide bonds. The van der Waals surface area contributed by atoms with E-state index in [4.69, 9.17) is 5.26 Å². The minimum Gasteiger partial charge on any atom is -0.364 e. The highest BCUT2D eigenvalue weighted by atomic mass is 19.1. The molecule has 0 N–H and O–H groups in total. The van der Waals surface area contributed by atoms with Crippen LogP contribution in [-0.2, 0) is 13.6 Å². The van der Waals surface area contributed by atoms with E-state index in [9.17, 15) is 9.18 Å². The van der Waals surface area contributed by atoms with Crippen molar-refractivity contribution in [2.45, 2.75) is 58.3 Å². The number of fused-ring (bicyclic) bond motifs is 2. The second-order valence-corrected chi connectivity index (χ2v) is 9.41. The fraction of sp³-hybridized carbons (Fsp3) is 0.480. The molecule has 0 aromatic carbocycles. The highest BCUT2D eigenvalue weighted by Crippen LogP contribution is 2.34. The Morgan fingerprint density at radius 2 is 2.03 bits per heavy atom. The lowest BCUT2D eigenvalue weighted by molar-refractivity contribution is 0.0992. The van der Waals surface area contributed by atoms with Crippen molar-refractivity contribution in [3.8, 4) is 6.07 Å². The molecule has 4 aromatic heterocycles. The van der Waals surface area contributed by atoms with Crippen LogP contribution in [0.15, 0.2) is 35.5 Å². The van der Waals surface area contributed by atoms with Crippen molar-refractivity contribution < 1.29 is 4.39 Å². The largest absolute Gasteiger partial charge is 0.364 e. The number of hydrogen-bond acceptors (Lipinski definition) is 7. The zero-order valence-corrected chi connectivity index (χ0v) is 21.0. The fourth-order valence-electron chi connectivity index (χ4n) is 5.32. The molecule has 5 heterocycles. The lowest BCUT2D eigenvalue weighted by Crippen LogP contribution is -2.59. The van der Waals surface area contributed by atoms with Gasteiger partial charge in [-0.1, -0.05) is 13.8 Å². The molecule has 0 radical (unpaired) electrons. The van der Waals surface area contributed by atoms with Gasteiger partial charge >= 0.3 is 0 Å². The summed E-state index contributed by atoms with van der Waals surface area (Å²) in [6.45, 7) is 8.01. The van der Waals surface area contributed by atoms with Gasteiger partial charge in [0.15, 0.2) is 11.5 Å². The lowest BCUT2D eigenvalue weighted by atomic mass is 9.98. The van der Waals surface area contributed by atoms with E-state index in [0.29, 0.717) is 5.52 Å². The number of aryl methyl sites for hydroxylation is 1. The Hall–Kier alpha value is -3.78. The van der Waals surface area contributed by atoms with Crippen LogP contribution in [0.1, 0.15) is 45.3 Å². The molecular formula is C25H30FN9O. The Morgan fingerprint density at radius 1 is 1.25 bits per heavy atom. The fourth-order valence-corrected chi connectivity index (χ4v) is 5.32. The number of halogens is 1. The molecule has 0 saturated carbocycles. The molecule has 3 atom stereocenters. The van der Waals surface area contributed by atoms with Gasteiger partial charge in [0.25, 0.3) is 5.56 Å². The summed E-state index contributed by atoms with van der Waals surface area (Å²) in [5.74, 6) is -0.433. The van der Waals surface area contributed by atoms with Gasteiger partial charge in [-0.25, -0.2) is 13.9 Å². The molecule has 1 saturated heterocycles. The number of nitrogens with zero attached hydrogens (tertiary/aromatic N) is 9. The third kappa shape index (κ3) is 3.91. The molecule has 0 unspecified atom stereocenters. The van der Waals surface area contributed by atoms with Crippen molar-refractivity contribution in [1.82, 2.24) is 33.8 Å². The zero-order chi connectivity index (χ0) is 25.6. The highest BCUT2D eigenvalue weighted by Gasteiger charge is 2.36. The van der Waals surface area contributed by atoms with Gasteiger partial charge in [0.1, 0.15) is 12.1 Å². The number of hydrogen-bond donors (Lipinski definition) is 0. The molecule has 1 aliphatic rings. The van der Waals surface area contributed by atoms with E-state index < -0.39 is 5.82 Å². The van der Waals surface area contributed by atoms with Crippen LogP contribution in [0.25, 0.3) is 16.7 Å². The first-order valence-corrected chi connectivity index (χ1v) is 12.3. The molecular weight excluding hydrogens is 461 g/mol. The number of piperazine rings is 1. The molecule has 1 aliphatic heterocycles. The molecule has 4 aromatic rings. The summed E-state index contributed by atoms with van der Waals surface area (Å²) < 4.78 is 18.8. The van der Waals surface area contributed by atoms with Crippen LogP contribution >= 0.6 is 0 Å². The monoisotopic (exact) mass is 491 g/mol. The Morgan fingerprint density at radius 3 is 2.75 bits per heavy atom. The second-order valence-electron chi connectivity index (χ2n) is 9.41. The minimum absolute atomic E-state index is 0.0241. The normalized spacial score (nSPS) is 19.7. The van der Waals surface area contributed by atoms with Gasteiger partial charge in [-0.05, 0) is 25.8 Å². The van der Waals surface area contributed by atoms with E-state index >= 15 is 0 Å². The summed E-state index contributed by atoms with van der Waals surface area (Å²) in [7, 11) is 1.73. The van der Waals surface area contributed by atoms with Crippen molar-refractivity contribution in [3.05, 3.63) is 52.6 Å². The first-order valence-electron chi connectivity index (χ1n) is 12.3. The molecule has 188 valence electrons. The lowest BCUT2D eigenvalue weighted by Gasteiger charge is -2.49. The van der Waals surface area contributed by atoms with E-state index in [1.54, 1.807) is 34.8 Å². The van der Waals surface area contributed by atoms with Crippen molar-refractivity contribution >= 4 is 22.4 Å². The van der Waals surface area contributed by atoms with E-state index in [0.717, 1.165) is 42.8 Å². The van der Waals surface area contributed by atoms with Crippen molar-refractivity contribution in [2.75, 3.05) is 18.0 Å². The summed E-state index contributed by atoms with van der Waals surface area (Å²) in [4.78, 5) is 22.2. The maximum Gasteiger partial charge on any atom is 0.252 e. The van der Waals surface area contributed by atoms with Gasteiger partial charge in [0, 0.05) is 50.5 Å². The smallest absolute Gasteiger partial charge is 0.252 e. The summed E-state index contributed by atoms with van der Waals surface area (Å²) in [5, 5.41) is 17.8. The molecule has 11 heteroatoms. The Labute approximate surface area is 208 Å². The highest BCUT2D eigenvalue weighted by molar-refractivity contribution is 5.88. The summed E-state index contributed by atoms with van der Waals surface area (Å²) in [6, 6.07) is 5.99. The number of nitriles is 1. The quantitative estimate of drug-likeness (QED) is 0.409. The van der Waals surface area contributed by atoms with Crippen LogP contribution in [0.4, 0.5) is 10.1 Å². The van der Waals surface area contributed by atoms with Gasteiger partial charge in [-0.2, -0.15) is 15.5 Å². The summed E-state index contributed by atoms with van der Waals surface area (Å²) in [6.07, 6.45) is 6.47. The van der Waals surface area contributed by atoms with E-state index in [1.807, 2.05) is 6.07 Å². The number of anilines is 1. The van der Waals surface area contributed by atoms with Crippen LogP contribution in [0.3, 0.4) is 0 Å². The van der Waals surface area contributed by atoms with Gasteiger partial charge in [0.05, 0.1) is 35.4 Å². The summed E-state index contributed by atoms with van der Waals surface area (Å²) in [5.41, 5.74) is 3.18. The zero-order valence-electron chi connectivity index (χ0n) is 21.0. The van der Waals surface area contributed by atoms with Crippen LogP contribution in [0, 0.1) is 17.1 Å². The van der Waals surface area contributed by atoms with Crippen LogP contribution in [0.5, 0.6) is 0 Å². The Bertz CT molecular complexity index is 1510. The average Bonchev–Trinajstić information content (AvgIpc) is 3.48. The molecule has 36 heavy (non-hydrogen) atoms. The SMILES string of the molecule is CC[C@H]1CN([C@@H](C)c2ccn3ncc(F)c3n2)[C@H](CC)CN1c1cc(=O)n(C)c2cn(CC#N)nc12. The third-order valence-electron chi connectivity index (χ3n) is 7.43. The van der Waals surface area contributed by atoms with Crippen molar-refractivity contribution in [1.29, 1.82) is 5.26 Å². The Kier molecular flexibility index (Phi) is 6.22.